The number of rotatable bonds is 4. The number of fused-ring (bicyclic) bond motifs is 5. The quantitative estimate of drug-likeness (QED) is 0.674. The second kappa shape index (κ2) is 8.18. The Morgan fingerprint density at radius 1 is 1.03 bits per heavy atom. The largest absolute Gasteiger partial charge is 0.326 e. The summed E-state index contributed by atoms with van der Waals surface area (Å²) < 4.78 is 0. The number of nitrogens with zero attached hydrogens (tertiary/aromatic N) is 4. The minimum absolute atomic E-state index is 0.0450. The van der Waals surface area contributed by atoms with E-state index in [9.17, 15) is 14.9 Å². The van der Waals surface area contributed by atoms with Crippen LogP contribution in [0.5, 0.6) is 0 Å². The van der Waals surface area contributed by atoms with Crippen LogP contribution in [0.1, 0.15) is 54.5 Å². The Morgan fingerprint density at radius 3 is 2.33 bits per heavy atom. The summed E-state index contributed by atoms with van der Waals surface area (Å²) in [7, 11) is 0. The maximum atomic E-state index is 13.9. The number of piperidine rings is 1. The molecule has 3 aliphatic heterocycles. The van der Waals surface area contributed by atoms with Crippen molar-refractivity contribution >= 4 is 11.8 Å². The zero-order chi connectivity index (χ0) is 24.6. The van der Waals surface area contributed by atoms with E-state index in [1.807, 2.05) is 11.8 Å². The highest BCUT2D eigenvalue weighted by Gasteiger charge is 2.56. The third kappa shape index (κ3) is 3.25. The zero-order valence-corrected chi connectivity index (χ0v) is 20.7. The van der Waals surface area contributed by atoms with E-state index < -0.39 is 0 Å². The number of piperazine rings is 1. The van der Waals surface area contributed by atoms with Gasteiger partial charge in [0, 0.05) is 31.1 Å². The van der Waals surface area contributed by atoms with E-state index in [2.05, 4.69) is 64.4 Å². The molecule has 184 valence electrons. The smallest absolute Gasteiger partial charge is 0.241 e. The van der Waals surface area contributed by atoms with Gasteiger partial charge in [-0.1, -0.05) is 55.5 Å². The Bertz CT molecular complexity index is 1240. The van der Waals surface area contributed by atoms with Crippen LogP contribution in [-0.2, 0) is 22.4 Å². The molecule has 3 heterocycles. The van der Waals surface area contributed by atoms with Gasteiger partial charge in [0.2, 0.25) is 11.8 Å². The van der Waals surface area contributed by atoms with Crippen LogP contribution in [0, 0.1) is 23.2 Å². The van der Waals surface area contributed by atoms with Crippen LogP contribution in [0.2, 0.25) is 0 Å². The summed E-state index contributed by atoms with van der Waals surface area (Å²) in [5.74, 6) is 0.597. The summed E-state index contributed by atoms with van der Waals surface area (Å²) in [6.45, 7) is 3.37. The summed E-state index contributed by atoms with van der Waals surface area (Å²) >= 11 is 0. The molecule has 6 heteroatoms. The van der Waals surface area contributed by atoms with Gasteiger partial charge in [-0.25, -0.2) is 0 Å². The molecule has 0 radical (unpaired) electrons. The van der Waals surface area contributed by atoms with Crippen LogP contribution < -0.4 is 0 Å². The number of carbonyl (C=O) groups excluding carboxylic acids is 2. The van der Waals surface area contributed by atoms with Gasteiger partial charge in [-0.15, -0.1) is 0 Å². The third-order valence-corrected chi connectivity index (χ3v) is 9.39. The number of hydrogen-bond acceptors (Lipinski definition) is 4. The molecule has 3 saturated heterocycles. The normalized spacial score (nSPS) is 31.4. The first-order valence-electron chi connectivity index (χ1n) is 13.5. The van der Waals surface area contributed by atoms with Crippen molar-refractivity contribution in [3.05, 3.63) is 70.8 Å². The minimum atomic E-state index is -0.272. The molecule has 2 aromatic rings. The van der Waals surface area contributed by atoms with Crippen molar-refractivity contribution in [2.75, 3.05) is 13.1 Å². The molecule has 36 heavy (non-hydrogen) atoms. The van der Waals surface area contributed by atoms with E-state index >= 15 is 0 Å². The second-order valence-corrected chi connectivity index (χ2v) is 11.5. The molecular weight excluding hydrogens is 448 g/mol. The number of carbonyl (C=O) groups is 2. The molecule has 4 fully saturated rings. The van der Waals surface area contributed by atoms with Gasteiger partial charge in [0.05, 0.1) is 18.2 Å². The fraction of sp³-hybridized carbons (Fsp3) is 0.500. The molecule has 6 nitrogen and oxygen atoms in total. The molecule has 6 atom stereocenters. The second-order valence-electron chi connectivity index (χ2n) is 11.5. The van der Waals surface area contributed by atoms with Gasteiger partial charge >= 0.3 is 0 Å². The molecule has 2 bridgehead atoms. The van der Waals surface area contributed by atoms with Crippen molar-refractivity contribution < 1.29 is 9.59 Å². The van der Waals surface area contributed by atoms with E-state index in [4.69, 9.17) is 0 Å². The molecule has 2 amide bonds. The SMILES string of the molecule is C[C@@H](CN1C[C@H]2C[C@@H]1C(=O)N2C1c2ccccc2CCc2ccccc21)C(=O)N1C2C[C@H]2C[C@H]1C#N. The minimum Gasteiger partial charge on any atom is -0.326 e. The Kier molecular flexibility index (Phi) is 5.01. The van der Waals surface area contributed by atoms with Gasteiger partial charge in [0.15, 0.2) is 0 Å². The molecule has 5 aliphatic rings. The fourth-order valence-electron chi connectivity index (χ4n) is 7.60. The van der Waals surface area contributed by atoms with Crippen LogP contribution in [0.4, 0.5) is 0 Å². The Morgan fingerprint density at radius 2 is 1.69 bits per heavy atom. The summed E-state index contributed by atoms with van der Waals surface area (Å²) in [4.78, 5) is 33.5. The third-order valence-electron chi connectivity index (χ3n) is 9.39. The van der Waals surface area contributed by atoms with E-state index in [0.29, 0.717) is 12.5 Å². The molecule has 2 aliphatic carbocycles. The maximum Gasteiger partial charge on any atom is 0.241 e. The molecular formula is C30H32N4O2. The Balaban J connectivity index is 1.13. The summed E-state index contributed by atoms with van der Waals surface area (Å²) in [6, 6.07) is 19.5. The highest BCUT2D eigenvalue weighted by molar-refractivity contribution is 5.87. The first-order valence-corrected chi connectivity index (χ1v) is 13.5. The molecule has 0 aromatic heterocycles. The molecule has 7 rings (SSSR count). The van der Waals surface area contributed by atoms with Crippen LogP contribution in [-0.4, -0.2) is 63.8 Å². The van der Waals surface area contributed by atoms with Crippen LogP contribution in [0.3, 0.4) is 0 Å². The van der Waals surface area contributed by atoms with Crippen molar-refractivity contribution in [1.82, 2.24) is 14.7 Å². The van der Waals surface area contributed by atoms with Gasteiger partial charge in [-0.3, -0.25) is 14.5 Å². The molecule has 1 saturated carbocycles. The number of amides is 2. The highest BCUT2D eigenvalue weighted by atomic mass is 16.2. The Labute approximate surface area is 212 Å². The number of likely N-dealkylation sites (tertiary alicyclic amines) is 3. The van der Waals surface area contributed by atoms with E-state index in [-0.39, 0.29) is 47.9 Å². The highest BCUT2D eigenvalue weighted by Crippen LogP contribution is 2.48. The lowest BCUT2D eigenvalue weighted by molar-refractivity contribution is -0.142. The number of aryl methyl sites for hydroxylation is 2. The number of benzene rings is 2. The van der Waals surface area contributed by atoms with Gasteiger partial charge in [0.1, 0.15) is 6.04 Å². The zero-order valence-electron chi connectivity index (χ0n) is 20.7. The molecule has 1 unspecified atom stereocenters. The van der Waals surface area contributed by atoms with E-state index in [0.717, 1.165) is 38.6 Å². The lowest BCUT2D eigenvalue weighted by atomic mass is 9.92. The monoisotopic (exact) mass is 480 g/mol. The van der Waals surface area contributed by atoms with Crippen LogP contribution in [0.15, 0.2) is 48.5 Å². The van der Waals surface area contributed by atoms with Crippen molar-refractivity contribution in [3.63, 3.8) is 0 Å². The van der Waals surface area contributed by atoms with Crippen LogP contribution >= 0.6 is 0 Å². The van der Waals surface area contributed by atoms with Crippen molar-refractivity contribution in [3.8, 4) is 6.07 Å². The van der Waals surface area contributed by atoms with Gasteiger partial charge in [-0.2, -0.15) is 5.26 Å². The predicted octanol–water partition coefficient (Wildman–Crippen LogP) is 3.31. The van der Waals surface area contributed by atoms with E-state index in [1.165, 1.54) is 22.3 Å². The standard InChI is InChI=1S/C30H32N4O2/c1-18(29(35)33-22(15-31)12-21-13-26(21)33)16-32-17-23-14-27(32)30(36)34(23)28-24-8-4-2-6-19(24)10-11-20-7-3-5-9-25(20)28/h2-9,18,21-23,26-28H,10-14,16-17H2,1H3/t18-,21+,22-,23+,26?,27+/m0/s1. The topological polar surface area (TPSA) is 67.7 Å². The Hall–Kier alpha value is -3.17. The van der Waals surface area contributed by atoms with Gasteiger partial charge in [-0.05, 0) is 60.3 Å². The van der Waals surface area contributed by atoms with Gasteiger partial charge < -0.3 is 9.80 Å². The van der Waals surface area contributed by atoms with Crippen molar-refractivity contribution in [2.24, 2.45) is 11.8 Å². The first kappa shape index (κ1) is 22.1. The first-order chi connectivity index (χ1) is 17.5. The predicted molar refractivity (Wildman–Crippen MR) is 135 cm³/mol. The lowest BCUT2D eigenvalue weighted by Crippen LogP contribution is -2.54. The maximum absolute atomic E-state index is 13.9. The molecule has 0 spiro atoms. The number of hydrogen-bond donors (Lipinski definition) is 0. The fourth-order valence-corrected chi connectivity index (χ4v) is 7.60. The summed E-state index contributed by atoms with van der Waals surface area (Å²) in [5.41, 5.74) is 5.19. The van der Waals surface area contributed by atoms with E-state index in [1.54, 1.807) is 0 Å². The average Bonchev–Trinajstić information content (AvgIpc) is 3.28. The van der Waals surface area contributed by atoms with Gasteiger partial charge in [0.25, 0.3) is 0 Å². The molecule has 0 N–H and O–H groups in total. The number of nitriles is 1. The summed E-state index contributed by atoms with van der Waals surface area (Å²) in [5, 5.41) is 9.52. The van der Waals surface area contributed by atoms with Crippen LogP contribution in [0.25, 0.3) is 0 Å². The summed E-state index contributed by atoms with van der Waals surface area (Å²) in [6.07, 6.45) is 4.69. The lowest BCUT2D eigenvalue weighted by Gasteiger charge is -2.40. The average molecular weight is 481 g/mol. The molecule has 2 aromatic carbocycles. The van der Waals surface area contributed by atoms with Crippen molar-refractivity contribution in [2.45, 2.75) is 69.2 Å². The van der Waals surface area contributed by atoms with Crippen molar-refractivity contribution in [1.29, 1.82) is 5.26 Å².